The molecule has 4 aromatic rings. The molecule has 3 aromatic carbocycles. The molecule has 0 spiro atoms. The lowest BCUT2D eigenvalue weighted by molar-refractivity contribution is 0.0943. The van der Waals surface area contributed by atoms with E-state index in [4.69, 9.17) is 4.42 Å². The molecule has 1 N–H and O–H groups in total. The average molecular weight is 496 g/mol. The van der Waals surface area contributed by atoms with Gasteiger partial charge in [-0.15, -0.1) is 0 Å². The number of hydrogen-bond donors (Lipinski definition) is 1. The van der Waals surface area contributed by atoms with Crippen molar-refractivity contribution in [1.29, 1.82) is 5.26 Å². The fraction of sp³-hybridized carbons (Fsp3) is 0.323. The third-order valence-corrected chi connectivity index (χ3v) is 7.41. The van der Waals surface area contributed by atoms with E-state index < -0.39 is 0 Å². The maximum atomic E-state index is 13.2. The summed E-state index contributed by atoms with van der Waals surface area (Å²) in [7, 11) is 0. The fourth-order valence-corrected chi connectivity index (χ4v) is 5.30. The van der Waals surface area contributed by atoms with Gasteiger partial charge in [0.05, 0.1) is 17.2 Å². The van der Waals surface area contributed by atoms with E-state index in [1.54, 1.807) is 12.1 Å². The zero-order valence-corrected chi connectivity index (χ0v) is 21.1. The molecule has 0 radical (unpaired) electrons. The lowest BCUT2D eigenvalue weighted by Crippen LogP contribution is -2.31. The van der Waals surface area contributed by atoms with Crippen LogP contribution >= 0.6 is 0 Å². The molecule has 0 unspecified atom stereocenters. The van der Waals surface area contributed by atoms with Gasteiger partial charge in [-0.3, -0.25) is 4.79 Å². The van der Waals surface area contributed by atoms with Crippen LogP contribution in [0.5, 0.6) is 0 Å². The summed E-state index contributed by atoms with van der Waals surface area (Å²) in [4.78, 5) is 17.9. The number of amides is 1. The minimum absolute atomic E-state index is 0.152. The van der Waals surface area contributed by atoms with Crippen LogP contribution in [0, 0.1) is 23.1 Å². The number of halogens is 1. The van der Waals surface area contributed by atoms with Gasteiger partial charge in [-0.2, -0.15) is 5.26 Å². The van der Waals surface area contributed by atoms with Crippen LogP contribution in [0.25, 0.3) is 22.6 Å². The monoisotopic (exact) mass is 495 g/mol. The lowest BCUT2D eigenvalue weighted by atomic mass is 9.78. The van der Waals surface area contributed by atoms with Crippen LogP contribution in [0.3, 0.4) is 0 Å². The number of nitrogens with zero attached hydrogens (tertiary/aromatic N) is 2. The molecule has 1 aliphatic rings. The van der Waals surface area contributed by atoms with Crippen LogP contribution in [-0.2, 0) is 0 Å². The van der Waals surface area contributed by atoms with Crippen molar-refractivity contribution in [3.05, 3.63) is 88.7 Å². The van der Waals surface area contributed by atoms with Gasteiger partial charge in [-0.25, -0.2) is 9.37 Å². The van der Waals surface area contributed by atoms with Crippen molar-refractivity contribution in [1.82, 2.24) is 10.3 Å². The first-order chi connectivity index (χ1) is 17.9. The molecule has 0 bridgehead atoms. The second-order valence-electron chi connectivity index (χ2n) is 10.2. The zero-order valence-electron chi connectivity index (χ0n) is 21.1. The highest BCUT2D eigenvalue weighted by Gasteiger charge is 2.24. The molecule has 1 saturated carbocycles. The normalized spacial score (nSPS) is 17.6. The Morgan fingerprint density at radius 2 is 1.84 bits per heavy atom. The van der Waals surface area contributed by atoms with Crippen LogP contribution in [0.15, 0.2) is 65.1 Å². The smallest absolute Gasteiger partial charge is 0.252 e. The molecule has 1 fully saturated rings. The molecular formula is C31H30FN3O2. The summed E-state index contributed by atoms with van der Waals surface area (Å²) in [6.07, 6.45) is 4.12. The minimum Gasteiger partial charge on any atom is -0.436 e. The third kappa shape index (κ3) is 5.27. The van der Waals surface area contributed by atoms with E-state index in [0.717, 1.165) is 31.2 Å². The van der Waals surface area contributed by atoms with E-state index in [-0.39, 0.29) is 17.6 Å². The number of carbonyl (C=O) groups is 1. The maximum Gasteiger partial charge on any atom is 0.252 e. The Morgan fingerprint density at radius 3 is 2.54 bits per heavy atom. The van der Waals surface area contributed by atoms with E-state index in [1.165, 1.54) is 17.7 Å². The number of rotatable bonds is 6. The van der Waals surface area contributed by atoms with Crippen LogP contribution < -0.4 is 5.32 Å². The number of benzene rings is 3. The van der Waals surface area contributed by atoms with Gasteiger partial charge in [0.15, 0.2) is 5.58 Å². The summed E-state index contributed by atoms with van der Waals surface area (Å²) >= 11 is 0. The van der Waals surface area contributed by atoms with E-state index in [1.807, 2.05) is 50.2 Å². The van der Waals surface area contributed by atoms with Gasteiger partial charge in [-0.05, 0) is 85.4 Å². The van der Waals surface area contributed by atoms with Gasteiger partial charge in [-0.1, -0.05) is 38.1 Å². The highest BCUT2D eigenvalue weighted by molar-refractivity contribution is 6.00. The van der Waals surface area contributed by atoms with Crippen molar-refractivity contribution in [2.45, 2.75) is 51.4 Å². The quantitative estimate of drug-likeness (QED) is 0.304. The highest BCUT2D eigenvalue weighted by atomic mass is 19.1. The van der Waals surface area contributed by atoms with Crippen molar-refractivity contribution in [2.75, 3.05) is 6.54 Å². The standard InChI is InChI=1S/C31H30FN3O2/c1-19(2)27-15-21(17-33)16-28-29(27)37-31(35-28)26-6-4-3-5-25(26)30(36)34-18-20-7-9-22(10-8-20)23-11-13-24(32)14-12-23/h3-6,11-16,19-20,22H,7-10,18H2,1-2H3,(H,34,36). The van der Waals surface area contributed by atoms with Crippen LogP contribution in [-0.4, -0.2) is 17.4 Å². The van der Waals surface area contributed by atoms with E-state index in [9.17, 15) is 14.4 Å². The third-order valence-electron chi connectivity index (χ3n) is 7.41. The molecule has 1 aliphatic carbocycles. The Balaban J connectivity index is 1.29. The van der Waals surface area contributed by atoms with Gasteiger partial charge >= 0.3 is 0 Å². The van der Waals surface area contributed by atoms with Crippen molar-refractivity contribution in [2.24, 2.45) is 5.92 Å². The Hall–Kier alpha value is -3.98. The molecule has 6 heteroatoms. The first kappa shape index (κ1) is 24.7. The molecule has 1 aromatic heterocycles. The molecule has 188 valence electrons. The number of carbonyl (C=O) groups excluding carboxylic acids is 1. The Bertz CT molecular complexity index is 1460. The summed E-state index contributed by atoms with van der Waals surface area (Å²) in [5.74, 6) is 1.04. The van der Waals surface area contributed by atoms with E-state index in [0.29, 0.717) is 52.1 Å². The first-order valence-electron chi connectivity index (χ1n) is 12.9. The topological polar surface area (TPSA) is 78.9 Å². The van der Waals surface area contributed by atoms with Crippen molar-refractivity contribution in [3.63, 3.8) is 0 Å². The number of fused-ring (bicyclic) bond motifs is 1. The number of nitriles is 1. The predicted molar refractivity (Wildman–Crippen MR) is 142 cm³/mol. The Morgan fingerprint density at radius 1 is 1.11 bits per heavy atom. The van der Waals surface area contributed by atoms with Gasteiger partial charge in [0.25, 0.3) is 5.91 Å². The highest BCUT2D eigenvalue weighted by Crippen LogP contribution is 2.36. The van der Waals surface area contributed by atoms with Gasteiger partial charge in [0.2, 0.25) is 5.89 Å². The molecule has 1 amide bonds. The number of hydrogen-bond acceptors (Lipinski definition) is 4. The first-order valence-corrected chi connectivity index (χ1v) is 12.9. The summed E-state index contributed by atoms with van der Waals surface area (Å²) in [6.45, 7) is 4.71. The maximum absolute atomic E-state index is 13.2. The Kier molecular flexibility index (Phi) is 7.05. The predicted octanol–water partition coefficient (Wildman–Crippen LogP) is 7.33. The second kappa shape index (κ2) is 10.6. The van der Waals surface area contributed by atoms with Crippen molar-refractivity contribution in [3.8, 4) is 17.5 Å². The van der Waals surface area contributed by atoms with Crippen molar-refractivity contribution >= 4 is 17.0 Å². The zero-order chi connectivity index (χ0) is 25.9. The van der Waals surface area contributed by atoms with Gasteiger partial charge < -0.3 is 9.73 Å². The van der Waals surface area contributed by atoms with E-state index >= 15 is 0 Å². The summed E-state index contributed by atoms with van der Waals surface area (Å²) < 4.78 is 19.4. The lowest BCUT2D eigenvalue weighted by Gasteiger charge is -2.29. The SMILES string of the molecule is CC(C)c1cc(C#N)cc2nc(-c3ccccc3C(=O)NCC3CCC(c4ccc(F)cc4)CC3)oc12. The molecular weight excluding hydrogens is 465 g/mol. The number of oxazole rings is 1. The average Bonchev–Trinajstić information content (AvgIpc) is 3.36. The molecule has 37 heavy (non-hydrogen) atoms. The molecule has 0 saturated heterocycles. The number of aromatic nitrogens is 1. The molecule has 5 rings (SSSR count). The fourth-order valence-electron chi connectivity index (χ4n) is 5.30. The van der Waals surface area contributed by atoms with Gasteiger partial charge in [0.1, 0.15) is 11.3 Å². The van der Waals surface area contributed by atoms with Gasteiger partial charge in [0, 0.05) is 17.7 Å². The summed E-state index contributed by atoms with van der Waals surface area (Å²) in [5.41, 5.74) is 5.06. The largest absolute Gasteiger partial charge is 0.436 e. The van der Waals surface area contributed by atoms with Crippen LogP contribution in [0.1, 0.15) is 78.4 Å². The van der Waals surface area contributed by atoms with E-state index in [2.05, 4.69) is 16.4 Å². The van der Waals surface area contributed by atoms with Crippen molar-refractivity contribution < 1.29 is 13.6 Å². The molecule has 5 nitrogen and oxygen atoms in total. The molecule has 0 atom stereocenters. The summed E-state index contributed by atoms with van der Waals surface area (Å²) in [5, 5.41) is 12.5. The molecule has 1 heterocycles. The van der Waals surface area contributed by atoms with Crippen LogP contribution in [0.4, 0.5) is 4.39 Å². The second-order valence-corrected chi connectivity index (χ2v) is 10.2. The number of nitrogens with one attached hydrogen (secondary N) is 1. The Labute approximate surface area is 216 Å². The summed E-state index contributed by atoms with van der Waals surface area (Å²) in [6, 6.07) is 19.9. The van der Waals surface area contributed by atoms with Crippen LogP contribution in [0.2, 0.25) is 0 Å². The molecule has 0 aliphatic heterocycles. The minimum atomic E-state index is -0.203.